The van der Waals surface area contributed by atoms with Crippen molar-refractivity contribution >= 4 is 21.9 Å². The Kier molecular flexibility index (Phi) is 4.98. The summed E-state index contributed by atoms with van der Waals surface area (Å²) in [6, 6.07) is 1.56. The van der Waals surface area contributed by atoms with E-state index < -0.39 is 12.1 Å². The maximum atomic E-state index is 11.5. The largest absolute Gasteiger partial charge is 0.504 e. The Bertz CT molecular complexity index is 458. The minimum atomic E-state index is -1.55. The number of esters is 1. The zero-order valence-corrected chi connectivity index (χ0v) is 11.9. The first-order valence-corrected chi connectivity index (χ1v) is 6.13. The van der Waals surface area contributed by atoms with Gasteiger partial charge in [-0.05, 0) is 25.5 Å². The average Bonchev–Trinajstić information content (AvgIpc) is 2.34. The Morgan fingerprint density at radius 2 is 2.17 bits per heavy atom. The molecular weight excluding hydrogens is 304 g/mol. The topological polar surface area (TPSA) is 76.0 Å². The van der Waals surface area contributed by atoms with Gasteiger partial charge in [0.25, 0.3) is 0 Å². The fraction of sp³-hybridized carbons (Fsp3) is 0.417. The summed E-state index contributed by atoms with van der Waals surface area (Å²) in [5.41, 5.74) is 0.633. The van der Waals surface area contributed by atoms with Crippen molar-refractivity contribution in [3.05, 3.63) is 21.7 Å². The Morgan fingerprint density at radius 3 is 2.67 bits per heavy atom. The van der Waals surface area contributed by atoms with E-state index in [-0.39, 0.29) is 23.7 Å². The Hall–Kier alpha value is -1.27. The van der Waals surface area contributed by atoms with E-state index in [1.807, 2.05) is 0 Å². The Balaban J connectivity index is 3.30. The molecule has 0 aliphatic carbocycles. The fourth-order valence-corrected chi connectivity index (χ4v) is 1.98. The van der Waals surface area contributed by atoms with Gasteiger partial charge in [-0.1, -0.05) is 15.9 Å². The third-order valence-electron chi connectivity index (χ3n) is 2.51. The molecule has 0 heterocycles. The number of benzene rings is 1. The molecule has 1 unspecified atom stereocenters. The second-order valence-electron chi connectivity index (χ2n) is 3.60. The van der Waals surface area contributed by atoms with E-state index in [9.17, 15) is 15.0 Å². The lowest BCUT2D eigenvalue weighted by Crippen LogP contribution is -2.17. The van der Waals surface area contributed by atoms with Crippen LogP contribution in [0.3, 0.4) is 0 Å². The van der Waals surface area contributed by atoms with Gasteiger partial charge in [0.1, 0.15) is 0 Å². The molecule has 0 aromatic heterocycles. The quantitative estimate of drug-likeness (QED) is 0.831. The fourth-order valence-electron chi connectivity index (χ4n) is 1.56. The maximum Gasteiger partial charge on any atom is 0.339 e. The number of phenolic OH excluding ortho intramolecular Hbond substituents is 1. The number of hydrogen-bond acceptors (Lipinski definition) is 5. The highest BCUT2D eigenvalue weighted by atomic mass is 79.9. The van der Waals surface area contributed by atoms with Crippen molar-refractivity contribution < 1.29 is 24.5 Å². The van der Waals surface area contributed by atoms with E-state index in [0.717, 1.165) is 0 Å². The molecule has 6 heteroatoms. The lowest BCUT2D eigenvalue weighted by Gasteiger charge is -2.17. The summed E-state index contributed by atoms with van der Waals surface area (Å²) in [6.07, 6.45) is -1.55. The number of hydrogen-bond donors (Lipinski definition) is 2. The molecule has 0 fully saturated rings. The Labute approximate surface area is 113 Å². The second-order valence-corrected chi connectivity index (χ2v) is 4.46. The molecule has 0 aliphatic rings. The van der Waals surface area contributed by atoms with Crippen LogP contribution in [0, 0.1) is 6.92 Å². The molecule has 0 bridgehead atoms. The van der Waals surface area contributed by atoms with Gasteiger partial charge in [0.15, 0.2) is 17.6 Å². The average molecular weight is 319 g/mol. The highest BCUT2D eigenvalue weighted by molar-refractivity contribution is 9.10. The van der Waals surface area contributed by atoms with E-state index in [4.69, 9.17) is 9.47 Å². The minimum Gasteiger partial charge on any atom is -0.504 e. The van der Waals surface area contributed by atoms with E-state index in [1.54, 1.807) is 19.9 Å². The van der Waals surface area contributed by atoms with Crippen LogP contribution in [0.25, 0.3) is 0 Å². The number of carbonyl (C=O) groups is 1. The molecule has 18 heavy (non-hydrogen) atoms. The van der Waals surface area contributed by atoms with Crippen molar-refractivity contribution in [2.45, 2.75) is 20.0 Å². The summed E-state index contributed by atoms with van der Waals surface area (Å²) in [7, 11) is 1.39. The third kappa shape index (κ3) is 2.76. The molecule has 1 atom stereocenters. The molecule has 0 amide bonds. The van der Waals surface area contributed by atoms with Crippen molar-refractivity contribution in [1.29, 1.82) is 0 Å². The maximum absolute atomic E-state index is 11.5. The molecule has 2 N–H and O–H groups in total. The number of halogens is 1. The van der Waals surface area contributed by atoms with Gasteiger partial charge in [0, 0.05) is 10.0 Å². The van der Waals surface area contributed by atoms with Gasteiger partial charge in [-0.3, -0.25) is 0 Å². The predicted octanol–water partition coefficient (Wildman–Crippen LogP) is 2.07. The third-order valence-corrected chi connectivity index (χ3v) is 3.34. The van der Waals surface area contributed by atoms with Gasteiger partial charge in [-0.2, -0.15) is 0 Å². The Morgan fingerprint density at radius 1 is 1.56 bits per heavy atom. The van der Waals surface area contributed by atoms with E-state index in [2.05, 4.69) is 15.9 Å². The summed E-state index contributed by atoms with van der Waals surface area (Å²) in [5.74, 6) is -0.902. The first-order chi connectivity index (χ1) is 8.43. The summed E-state index contributed by atoms with van der Waals surface area (Å²) >= 11 is 3.27. The summed E-state index contributed by atoms with van der Waals surface area (Å²) in [6.45, 7) is 3.46. The number of rotatable bonds is 4. The van der Waals surface area contributed by atoms with Crippen LogP contribution < -0.4 is 4.74 Å². The van der Waals surface area contributed by atoms with Crippen molar-refractivity contribution in [2.75, 3.05) is 13.7 Å². The number of ether oxygens (including phenoxy) is 2. The van der Waals surface area contributed by atoms with Crippen LogP contribution in [0.1, 0.15) is 24.2 Å². The summed E-state index contributed by atoms with van der Waals surface area (Å²) in [4.78, 5) is 11.5. The monoisotopic (exact) mass is 318 g/mol. The number of phenols is 1. The van der Waals surface area contributed by atoms with Gasteiger partial charge in [-0.25, -0.2) is 4.79 Å². The molecule has 0 saturated carbocycles. The van der Waals surface area contributed by atoms with Crippen LogP contribution in [-0.4, -0.2) is 29.9 Å². The SMILES string of the molecule is CCOC(=O)C(O)c1c(C)c(Br)cc(OC)c1O. The highest BCUT2D eigenvalue weighted by Crippen LogP contribution is 2.40. The molecule has 0 saturated heterocycles. The van der Waals surface area contributed by atoms with Gasteiger partial charge in [0.05, 0.1) is 13.7 Å². The van der Waals surface area contributed by atoms with Crippen molar-refractivity contribution in [1.82, 2.24) is 0 Å². The summed E-state index contributed by atoms with van der Waals surface area (Å²) < 4.78 is 10.3. The zero-order chi connectivity index (χ0) is 13.9. The normalized spacial score (nSPS) is 12.1. The number of methoxy groups -OCH3 is 1. The molecule has 0 radical (unpaired) electrons. The van der Waals surface area contributed by atoms with Gasteiger partial charge >= 0.3 is 5.97 Å². The summed E-state index contributed by atoms with van der Waals surface area (Å²) in [5, 5.41) is 19.9. The molecule has 100 valence electrons. The van der Waals surface area contributed by atoms with E-state index >= 15 is 0 Å². The van der Waals surface area contributed by atoms with Crippen LogP contribution in [0.4, 0.5) is 0 Å². The molecular formula is C12H15BrO5. The van der Waals surface area contributed by atoms with Crippen molar-refractivity contribution in [3.8, 4) is 11.5 Å². The first kappa shape index (κ1) is 14.8. The van der Waals surface area contributed by atoms with Crippen LogP contribution in [0.15, 0.2) is 10.5 Å². The number of aromatic hydroxyl groups is 1. The molecule has 1 rings (SSSR count). The predicted molar refractivity (Wildman–Crippen MR) is 68.7 cm³/mol. The zero-order valence-electron chi connectivity index (χ0n) is 10.4. The molecule has 0 aliphatic heterocycles. The minimum absolute atomic E-state index is 0.0830. The van der Waals surface area contributed by atoms with Gasteiger partial charge in [0.2, 0.25) is 0 Å². The standard InChI is InChI=1S/C12H15BrO5/c1-4-18-12(16)11(15)9-6(2)7(13)5-8(17-3)10(9)14/h5,11,14-15H,4H2,1-3H3. The lowest BCUT2D eigenvalue weighted by molar-refractivity contribution is -0.153. The number of aliphatic hydroxyl groups is 1. The molecule has 1 aromatic carbocycles. The smallest absolute Gasteiger partial charge is 0.339 e. The van der Waals surface area contributed by atoms with Crippen molar-refractivity contribution in [3.63, 3.8) is 0 Å². The highest BCUT2D eigenvalue weighted by Gasteiger charge is 2.27. The first-order valence-electron chi connectivity index (χ1n) is 5.34. The molecule has 1 aromatic rings. The van der Waals surface area contributed by atoms with E-state index in [1.165, 1.54) is 7.11 Å². The van der Waals surface area contributed by atoms with Crippen LogP contribution in [-0.2, 0) is 9.53 Å². The second kappa shape index (κ2) is 6.06. The van der Waals surface area contributed by atoms with Crippen LogP contribution in [0.5, 0.6) is 11.5 Å². The number of carbonyl (C=O) groups excluding carboxylic acids is 1. The number of aliphatic hydroxyl groups excluding tert-OH is 1. The molecule has 0 spiro atoms. The van der Waals surface area contributed by atoms with Crippen LogP contribution in [0.2, 0.25) is 0 Å². The van der Waals surface area contributed by atoms with Gasteiger partial charge < -0.3 is 19.7 Å². The van der Waals surface area contributed by atoms with Crippen molar-refractivity contribution in [2.24, 2.45) is 0 Å². The lowest BCUT2D eigenvalue weighted by atomic mass is 10.0. The molecule has 5 nitrogen and oxygen atoms in total. The van der Waals surface area contributed by atoms with Gasteiger partial charge in [-0.15, -0.1) is 0 Å². The van der Waals surface area contributed by atoms with E-state index in [0.29, 0.717) is 10.0 Å². The van der Waals surface area contributed by atoms with Crippen LogP contribution >= 0.6 is 15.9 Å².